The zero-order chi connectivity index (χ0) is 18.7. The van der Waals surface area contributed by atoms with E-state index < -0.39 is 11.8 Å². The van der Waals surface area contributed by atoms with Gasteiger partial charge in [0.25, 0.3) is 0 Å². The third kappa shape index (κ3) is 3.67. The second-order valence-electron chi connectivity index (χ2n) is 5.52. The van der Waals surface area contributed by atoms with Crippen LogP contribution in [-0.2, 0) is 0 Å². The van der Waals surface area contributed by atoms with Crippen LogP contribution >= 0.6 is 0 Å². The Morgan fingerprint density at radius 3 is 2.65 bits per heavy atom. The van der Waals surface area contributed by atoms with Crippen molar-refractivity contribution in [1.29, 1.82) is 0 Å². The summed E-state index contributed by atoms with van der Waals surface area (Å²) < 4.78 is 19.7. The number of halogens is 1. The molecule has 5 nitrogen and oxygen atoms in total. The number of carboxylic acid groups (broad SMARTS) is 1. The Bertz CT molecular complexity index is 979. The van der Waals surface area contributed by atoms with Gasteiger partial charge in [-0.05, 0) is 41.5 Å². The van der Waals surface area contributed by atoms with E-state index in [2.05, 4.69) is 10.3 Å². The summed E-state index contributed by atoms with van der Waals surface area (Å²) in [6.45, 7) is 0. The van der Waals surface area contributed by atoms with E-state index in [-0.39, 0.29) is 22.5 Å². The molecular formula is C19H14BFN2O3. The molecule has 2 radical (unpaired) electrons. The van der Waals surface area contributed by atoms with E-state index in [1.165, 1.54) is 24.4 Å². The molecule has 26 heavy (non-hydrogen) atoms. The second kappa shape index (κ2) is 7.27. The molecule has 1 heterocycles. The molecule has 0 aliphatic rings. The number of benzene rings is 2. The summed E-state index contributed by atoms with van der Waals surface area (Å²) >= 11 is 0. The maximum absolute atomic E-state index is 14.5. The minimum absolute atomic E-state index is 0.0136. The van der Waals surface area contributed by atoms with Gasteiger partial charge in [0.05, 0.1) is 12.8 Å². The van der Waals surface area contributed by atoms with E-state index in [0.29, 0.717) is 11.3 Å². The Balaban J connectivity index is 1.93. The topological polar surface area (TPSA) is 71.5 Å². The number of pyridine rings is 1. The SMILES string of the molecule is [B]c1cnc(Nc2ccc(-c3cccc(OC)c3)cc2F)c(C(=O)O)c1. The molecular weight excluding hydrogens is 334 g/mol. The van der Waals surface area contributed by atoms with Crippen molar-refractivity contribution in [3.63, 3.8) is 0 Å². The summed E-state index contributed by atoms with van der Waals surface area (Å²) in [7, 11) is 7.12. The van der Waals surface area contributed by atoms with Crippen LogP contribution in [0.5, 0.6) is 5.75 Å². The van der Waals surface area contributed by atoms with Crippen LogP contribution in [0, 0.1) is 5.82 Å². The van der Waals surface area contributed by atoms with Crippen LogP contribution in [0.2, 0.25) is 0 Å². The highest BCUT2D eigenvalue weighted by atomic mass is 19.1. The summed E-state index contributed by atoms with van der Waals surface area (Å²) in [6.07, 6.45) is 1.30. The van der Waals surface area contributed by atoms with Crippen molar-refractivity contribution in [3.8, 4) is 16.9 Å². The molecule has 0 spiro atoms. The van der Waals surface area contributed by atoms with Gasteiger partial charge in [0, 0.05) is 6.20 Å². The first-order chi connectivity index (χ1) is 12.5. The first-order valence-electron chi connectivity index (χ1n) is 7.67. The third-order valence-electron chi connectivity index (χ3n) is 3.76. The number of aromatic carboxylic acids is 1. The van der Waals surface area contributed by atoms with E-state index in [1.807, 2.05) is 12.1 Å². The smallest absolute Gasteiger partial charge is 0.339 e. The third-order valence-corrected chi connectivity index (χ3v) is 3.76. The zero-order valence-electron chi connectivity index (χ0n) is 13.9. The number of ether oxygens (including phenoxy) is 1. The highest BCUT2D eigenvalue weighted by molar-refractivity contribution is 6.32. The predicted molar refractivity (Wildman–Crippen MR) is 98.3 cm³/mol. The lowest BCUT2D eigenvalue weighted by atomic mass is 9.97. The molecule has 0 saturated heterocycles. The van der Waals surface area contributed by atoms with Gasteiger partial charge in [0.2, 0.25) is 0 Å². The molecule has 0 bridgehead atoms. The van der Waals surface area contributed by atoms with Gasteiger partial charge >= 0.3 is 5.97 Å². The number of nitrogens with one attached hydrogen (secondary N) is 1. The Morgan fingerprint density at radius 1 is 1.19 bits per heavy atom. The lowest BCUT2D eigenvalue weighted by Crippen LogP contribution is -2.12. The van der Waals surface area contributed by atoms with Crippen LogP contribution in [0.1, 0.15) is 10.4 Å². The molecule has 2 N–H and O–H groups in total. The Hall–Kier alpha value is -3.35. The molecule has 0 unspecified atom stereocenters. The van der Waals surface area contributed by atoms with Crippen molar-refractivity contribution < 1.29 is 19.0 Å². The van der Waals surface area contributed by atoms with Crippen molar-refractivity contribution in [2.24, 2.45) is 0 Å². The molecule has 0 atom stereocenters. The average molecular weight is 348 g/mol. The molecule has 1 aromatic heterocycles. The monoisotopic (exact) mass is 348 g/mol. The summed E-state index contributed by atoms with van der Waals surface area (Å²) in [5.41, 5.74) is 1.64. The van der Waals surface area contributed by atoms with Gasteiger partial charge < -0.3 is 15.2 Å². The highest BCUT2D eigenvalue weighted by Gasteiger charge is 2.14. The van der Waals surface area contributed by atoms with Crippen LogP contribution < -0.4 is 15.5 Å². The predicted octanol–water partition coefficient (Wildman–Crippen LogP) is 3.13. The lowest BCUT2D eigenvalue weighted by Gasteiger charge is -2.12. The van der Waals surface area contributed by atoms with E-state index in [9.17, 15) is 14.3 Å². The van der Waals surface area contributed by atoms with Crippen molar-refractivity contribution >= 4 is 30.8 Å². The van der Waals surface area contributed by atoms with Crippen LogP contribution in [-0.4, -0.2) is 31.0 Å². The zero-order valence-corrected chi connectivity index (χ0v) is 13.9. The van der Waals surface area contributed by atoms with E-state index >= 15 is 0 Å². The molecule has 7 heteroatoms. The quantitative estimate of drug-likeness (QED) is 0.694. The largest absolute Gasteiger partial charge is 0.497 e. The maximum atomic E-state index is 14.5. The summed E-state index contributed by atoms with van der Waals surface area (Å²) in [5.74, 6) is -1.07. The fourth-order valence-corrected chi connectivity index (χ4v) is 2.47. The van der Waals surface area contributed by atoms with Crippen LogP contribution in [0.3, 0.4) is 0 Å². The molecule has 2 aromatic carbocycles. The van der Waals surface area contributed by atoms with Crippen molar-refractivity contribution in [2.75, 3.05) is 12.4 Å². The fraction of sp³-hybridized carbons (Fsp3) is 0.0526. The van der Waals surface area contributed by atoms with Crippen LogP contribution in [0.25, 0.3) is 11.1 Å². The van der Waals surface area contributed by atoms with Crippen molar-refractivity contribution in [1.82, 2.24) is 4.98 Å². The number of nitrogens with zero attached hydrogens (tertiary/aromatic N) is 1. The molecule has 0 amide bonds. The normalized spacial score (nSPS) is 10.4. The van der Waals surface area contributed by atoms with Gasteiger partial charge in [-0.3, -0.25) is 0 Å². The van der Waals surface area contributed by atoms with Crippen LogP contribution in [0.15, 0.2) is 54.7 Å². The first kappa shape index (κ1) is 17.5. The number of hydrogen-bond donors (Lipinski definition) is 2. The second-order valence-corrected chi connectivity index (χ2v) is 5.52. The van der Waals surface area contributed by atoms with E-state index in [4.69, 9.17) is 12.6 Å². The Morgan fingerprint density at radius 2 is 1.96 bits per heavy atom. The minimum Gasteiger partial charge on any atom is -0.497 e. The number of anilines is 2. The van der Waals surface area contributed by atoms with Gasteiger partial charge in [-0.1, -0.05) is 23.7 Å². The Kier molecular flexibility index (Phi) is 4.88. The van der Waals surface area contributed by atoms with Crippen molar-refractivity contribution in [2.45, 2.75) is 0 Å². The summed E-state index contributed by atoms with van der Waals surface area (Å²) in [6, 6.07) is 13.1. The lowest BCUT2D eigenvalue weighted by molar-refractivity contribution is 0.0697. The molecule has 128 valence electrons. The number of carboxylic acids is 1. The Labute approximate surface area is 150 Å². The molecule has 0 aliphatic heterocycles. The molecule has 3 aromatic rings. The number of rotatable bonds is 5. The highest BCUT2D eigenvalue weighted by Crippen LogP contribution is 2.28. The van der Waals surface area contributed by atoms with Gasteiger partial charge in [-0.25, -0.2) is 14.2 Å². The van der Waals surface area contributed by atoms with Crippen LogP contribution in [0.4, 0.5) is 15.9 Å². The van der Waals surface area contributed by atoms with Gasteiger partial charge in [0.15, 0.2) is 0 Å². The van der Waals surface area contributed by atoms with E-state index in [1.54, 1.807) is 25.3 Å². The van der Waals surface area contributed by atoms with E-state index in [0.717, 1.165) is 5.56 Å². The molecule has 0 fully saturated rings. The van der Waals surface area contributed by atoms with Crippen molar-refractivity contribution in [3.05, 3.63) is 66.1 Å². The van der Waals surface area contributed by atoms with Gasteiger partial charge in [-0.15, -0.1) is 0 Å². The standard InChI is InChI=1S/C19H14BFN2O3/c1-26-14-4-2-3-11(7-14)12-5-6-17(16(21)8-12)23-18-15(19(24)25)9-13(20)10-22-18/h2-10H,1H3,(H,22,23)(H,24,25). The maximum Gasteiger partial charge on any atom is 0.339 e. The molecule has 3 rings (SSSR count). The number of aromatic nitrogens is 1. The summed E-state index contributed by atoms with van der Waals surface area (Å²) in [5, 5.41) is 11.9. The fourth-order valence-electron chi connectivity index (χ4n) is 2.47. The first-order valence-corrected chi connectivity index (χ1v) is 7.67. The van der Waals surface area contributed by atoms with Gasteiger partial charge in [-0.2, -0.15) is 0 Å². The summed E-state index contributed by atoms with van der Waals surface area (Å²) in [4.78, 5) is 15.2. The molecule has 0 saturated carbocycles. The average Bonchev–Trinajstić information content (AvgIpc) is 2.64. The van der Waals surface area contributed by atoms with Gasteiger partial charge in [0.1, 0.15) is 30.8 Å². The number of methoxy groups -OCH3 is 1. The number of carbonyl (C=O) groups is 1. The number of hydrogen-bond acceptors (Lipinski definition) is 4. The minimum atomic E-state index is -1.21. The molecule has 0 aliphatic carbocycles.